The van der Waals surface area contributed by atoms with Gasteiger partial charge in [-0.1, -0.05) is 19.1 Å². The molecule has 0 radical (unpaired) electrons. The lowest BCUT2D eigenvalue weighted by Crippen LogP contribution is -2.16. The Balaban J connectivity index is 1.64. The third kappa shape index (κ3) is 3.07. The summed E-state index contributed by atoms with van der Waals surface area (Å²) in [5.41, 5.74) is 0.911. The van der Waals surface area contributed by atoms with Crippen LogP contribution in [0.3, 0.4) is 0 Å². The van der Waals surface area contributed by atoms with Crippen LogP contribution in [-0.4, -0.2) is 29.3 Å². The minimum absolute atomic E-state index is 0.117. The molecule has 0 bridgehead atoms. The second-order valence-electron chi connectivity index (χ2n) is 5.73. The number of nitrogens with one attached hydrogen (secondary N) is 1. The zero-order chi connectivity index (χ0) is 16.4. The summed E-state index contributed by atoms with van der Waals surface area (Å²) in [6.07, 6.45) is 3.65. The molecule has 0 saturated carbocycles. The van der Waals surface area contributed by atoms with Gasteiger partial charge >= 0.3 is 0 Å². The Morgan fingerprint density at radius 3 is 3.08 bits per heavy atom. The molecule has 4 rings (SSSR count). The maximum Gasteiger partial charge on any atom is 0.143 e. The second kappa shape index (κ2) is 6.75. The summed E-state index contributed by atoms with van der Waals surface area (Å²) in [6.45, 7) is 3.57. The fraction of sp³-hybridized carbons (Fsp3) is 0.333. The number of benzene rings is 1. The van der Waals surface area contributed by atoms with Crippen molar-refractivity contribution in [3.05, 3.63) is 41.5 Å². The average Bonchev–Trinajstić information content (AvgIpc) is 3.26. The Labute approximate surface area is 144 Å². The van der Waals surface area contributed by atoms with E-state index in [2.05, 4.69) is 28.3 Å². The van der Waals surface area contributed by atoms with Gasteiger partial charge < -0.3 is 14.8 Å². The van der Waals surface area contributed by atoms with Crippen LogP contribution in [0.1, 0.15) is 18.2 Å². The molecule has 3 aromatic rings. The first kappa shape index (κ1) is 15.4. The highest BCUT2D eigenvalue weighted by atomic mass is 32.1. The Bertz CT molecular complexity index is 843. The summed E-state index contributed by atoms with van der Waals surface area (Å²) in [5, 5.41) is 4.47. The highest BCUT2D eigenvalue weighted by Gasteiger charge is 2.19. The third-order valence-electron chi connectivity index (χ3n) is 4.05. The van der Waals surface area contributed by atoms with Crippen molar-refractivity contribution in [3.63, 3.8) is 0 Å². The van der Waals surface area contributed by atoms with Crippen LogP contribution in [0.25, 0.3) is 10.2 Å². The lowest BCUT2D eigenvalue weighted by Gasteiger charge is -2.16. The van der Waals surface area contributed by atoms with E-state index in [0.717, 1.165) is 46.9 Å². The van der Waals surface area contributed by atoms with Crippen LogP contribution in [0.4, 0.5) is 11.5 Å². The van der Waals surface area contributed by atoms with Crippen LogP contribution < -0.4 is 10.1 Å². The van der Waals surface area contributed by atoms with Crippen molar-refractivity contribution in [2.45, 2.75) is 25.9 Å². The van der Waals surface area contributed by atoms with E-state index in [4.69, 9.17) is 9.47 Å². The molecule has 0 amide bonds. The number of ether oxygens (including phenoxy) is 2. The summed E-state index contributed by atoms with van der Waals surface area (Å²) >= 11 is 1.71. The zero-order valence-corrected chi connectivity index (χ0v) is 14.3. The molecule has 1 atom stereocenters. The van der Waals surface area contributed by atoms with E-state index in [1.807, 2.05) is 24.3 Å². The molecular weight excluding hydrogens is 322 g/mol. The minimum Gasteiger partial charge on any atom is -0.486 e. The quantitative estimate of drug-likeness (QED) is 0.755. The van der Waals surface area contributed by atoms with E-state index in [-0.39, 0.29) is 6.10 Å². The van der Waals surface area contributed by atoms with E-state index in [1.165, 1.54) is 4.88 Å². The Morgan fingerprint density at radius 2 is 2.25 bits per heavy atom. The SMILES string of the molecule is CCc1cc2c(Nc3ccccc3OC3CCOC3)ncnc2s1. The molecule has 0 aliphatic carbocycles. The first-order valence-corrected chi connectivity index (χ1v) is 8.99. The molecule has 1 saturated heterocycles. The van der Waals surface area contributed by atoms with Gasteiger partial charge in [0.25, 0.3) is 0 Å². The third-order valence-corrected chi connectivity index (χ3v) is 5.24. The maximum atomic E-state index is 6.09. The van der Waals surface area contributed by atoms with Crippen molar-refractivity contribution in [2.75, 3.05) is 18.5 Å². The summed E-state index contributed by atoms with van der Waals surface area (Å²) in [7, 11) is 0. The first-order chi connectivity index (χ1) is 11.8. The lowest BCUT2D eigenvalue weighted by molar-refractivity contribution is 0.142. The van der Waals surface area contributed by atoms with Gasteiger partial charge in [-0.05, 0) is 24.6 Å². The van der Waals surface area contributed by atoms with Gasteiger partial charge in [-0.15, -0.1) is 11.3 Å². The predicted octanol–water partition coefficient (Wildman–Crippen LogP) is 4.17. The summed E-state index contributed by atoms with van der Waals surface area (Å²) in [5.74, 6) is 1.64. The number of aromatic nitrogens is 2. The smallest absolute Gasteiger partial charge is 0.143 e. The van der Waals surface area contributed by atoms with Gasteiger partial charge in [0.1, 0.15) is 28.8 Å². The van der Waals surface area contributed by atoms with Gasteiger partial charge in [-0.25, -0.2) is 9.97 Å². The van der Waals surface area contributed by atoms with Crippen LogP contribution in [0.5, 0.6) is 5.75 Å². The lowest BCUT2D eigenvalue weighted by atomic mass is 10.2. The molecule has 2 aromatic heterocycles. The van der Waals surface area contributed by atoms with Crippen molar-refractivity contribution in [2.24, 2.45) is 0 Å². The number of nitrogens with zero attached hydrogens (tertiary/aromatic N) is 2. The molecule has 6 heteroatoms. The molecule has 0 spiro atoms. The first-order valence-electron chi connectivity index (χ1n) is 8.17. The topological polar surface area (TPSA) is 56.3 Å². The van der Waals surface area contributed by atoms with Crippen molar-refractivity contribution in [3.8, 4) is 5.75 Å². The molecule has 1 fully saturated rings. The molecule has 1 aliphatic heterocycles. The number of aryl methyl sites for hydroxylation is 1. The summed E-state index contributed by atoms with van der Waals surface area (Å²) in [6, 6.07) is 10.1. The number of para-hydroxylation sites is 2. The molecule has 3 heterocycles. The van der Waals surface area contributed by atoms with Gasteiger partial charge in [0.15, 0.2) is 0 Å². The highest BCUT2D eigenvalue weighted by molar-refractivity contribution is 7.18. The Kier molecular flexibility index (Phi) is 4.32. The molecule has 5 nitrogen and oxygen atoms in total. The number of hydrogen-bond donors (Lipinski definition) is 1. The molecule has 1 aliphatic rings. The van der Waals surface area contributed by atoms with E-state index >= 15 is 0 Å². The van der Waals surface area contributed by atoms with Gasteiger partial charge in [0.05, 0.1) is 24.3 Å². The number of anilines is 2. The van der Waals surface area contributed by atoms with Crippen molar-refractivity contribution in [1.82, 2.24) is 9.97 Å². The molecule has 1 N–H and O–H groups in total. The minimum atomic E-state index is 0.117. The normalized spacial score (nSPS) is 17.3. The molecular formula is C18H19N3O2S. The van der Waals surface area contributed by atoms with Crippen LogP contribution in [-0.2, 0) is 11.2 Å². The molecule has 124 valence electrons. The van der Waals surface area contributed by atoms with Crippen LogP contribution in [0, 0.1) is 0 Å². The highest BCUT2D eigenvalue weighted by Crippen LogP contribution is 2.33. The van der Waals surface area contributed by atoms with Gasteiger partial charge in [0, 0.05) is 11.3 Å². The standard InChI is InChI=1S/C18H19N3O2S/c1-2-13-9-14-17(19-11-20-18(14)24-13)21-15-5-3-4-6-16(15)23-12-7-8-22-10-12/h3-6,9,11-12H,2,7-8,10H2,1H3,(H,19,20,21). The van der Waals surface area contributed by atoms with Crippen molar-refractivity contribution >= 4 is 33.1 Å². The summed E-state index contributed by atoms with van der Waals surface area (Å²) < 4.78 is 11.5. The van der Waals surface area contributed by atoms with Gasteiger partial charge in [0.2, 0.25) is 0 Å². The Morgan fingerprint density at radius 1 is 1.33 bits per heavy atom. The fourth-order valence-corrected chi connectivity index (χ4v) is 3.70. The number of hydrogen-bond acceptors (Lipinski definition) is 6. The van der Waals surface area contributed by atoms with Crippen LogP contribution in [0.15, 0.2) is 36.7 Å². The van der Waals surface area contributed by atoms with E-state index in [1.54, 1.807) is 17.7 Å². The fourth-order valence-electron chi connectivity index (χ4n) is 2.76. The molecule has 1 aromatic carbocycles. The van der Waals surface area contributed by atoms with E-state index < -0.39 is 0 Å². The monoisotopic (exact) mass is 341 g/mol. The van der Waals surface area contributed by atoms with Crippen molar-refractivity contribution < 1.29 is 9.47 Å². The van der Waals surface area contributed by atoms with Gasteiger partial charge in [-0.3, -0.25) is 0 Å². The second-order valence-corrected chi connectivity index (χ2v) is 6.85. The van der Waals surface area contributed by atoms with E-state index in [9.17, 15) is 0 Å². The Hall–Kier alpha value is -2.18. The van der Waals surface area contributed by atoms with Crippen molar-refractivity contribution in [1.29, 1.82) is 0 Å². The largest absolute Gasteiger partial charge is 0.486 e. The van der Waals surface area contributed by atoms with Gasteiger partial charge in [-0.2, -0.15) is 0 Å². The predicted molar refractivity (Wildman–Crippen MR) is 96.4 cm³/mol. The number of fused-ring (bicyclic) bond motifs is 1. The maximum absolute atomic E-state index is 6.09. The number of thiophene rings is 1. The molecule has 1 unspecified atom stereocenters. The van der Waals surface area contributed by atoms with E-state index in [0.29, 0.717) is 6.61 Å². The average molecular weight is 341 g/mol. The number of rotatable bonds is 5. The zero-order valence-electron chi connectivity index (χ0n) is 13.5. The van der Waals surface area contributed by atoms with Crippen LogP contribution >= 0.6 is 11.3 Å². The molecule has 24 heavy (non-hydrogen) atoms. The summed E-state index contributed by atoms with van der Waals surface area (Å²) in [4.78, 5) is 11.1. The van der Waals surface area contributed by atoms with Crippen LogP contribution in [0.2, 0.25) is 0 Å².